The maximum atomic E-state index is 13.1. The number of rotatable bonds is 6. The fourth-order valence-corrected chi connectivity index (χ4v) is 5.63. The lowest BCUT2D eigenvalue weighted by molar-refractivity contribution is -0.120. The molecule has 1 aromatic carbocycles. The van der Waals surface area contributed by atoms with Gasteiger partial charge in [0.05, 0.1) is 18.8 Å². The zero-order valence-corrected chi connectivity index (χ0v) is 19.6. The normalized spacial score (nSPS) is 17.2. The second kappa shape index (κ2) is 9.56. The van der Waals surface area contributed by atoms with Crippen molar-refractivity contribution >= 4 is 33.2 Å². The molecule has 170 valence electrons. The third-order valence-corrected chi connectivity index (χ3v) is 7.78. The van der Waals surface area contributed by atoms with Crippen molar-refractivity contribution in [3.05, 3.63) is 34.7 Å². The van der Waals surface area contributed by atoms with Gasteiger partial charge >= 0.3 is 0 Å². The van der Waals surface area contributed by atoms with E-state index in [1.54, 1.807) is 39.0 Å². The highest BCUT2D eigenvalue weighted by molar-refractivity contribution is 7.89. The molecule has 1 aliphatic rings. The SMILES string of the molecule is COc1ccc(Cl)cc1NC(=O)[C@H](C)N1CCCN(S(=O)(=O)c2c(C)noc2C)CC1. The molecular weight excluding hydrogens is 444 g/mol. The Labute approximate surface area is 187 Å². The van der Waals surface area contributed by atoms with Crippen LogP contribution >= 0.6 is 11.6 Å². The summed E-state index contributed by atoms with van der Waals surface area (Å²) in [6.45, 7) is 6.64. The number of sulfonamides is 1. The van der Waals surface area contributed by atoms with E-state index in [4.69, 9.17) is 20.9 Å². The number of carbonyl (C=O) groups excluding carboxylic acids is 1. The zero-order valence-electron chi connectivity index (χ0n) is 18.0. The van der Waals surface area contributed by atoms with Crippen LogP contribution in [0.4, 0.5) is 5.69 Å². The third-order valence-electron chi connectivity index (χ3n) is 5.40. The van der Waals surface area contributed by atoms with Crippen LogP contribution in [0.2, 0.25) is 5.02 Å². The summed E-state index contributed by atoms with van der Waals surface area (Å²) < 4.78 is 38.0. The minimum atomic E-state index is -3.72. The maximum absolute atomic E-state index is 13.1. The molecule has 1 aromatic heterocycles. The molecule has 0 bridgehead atoms. The number of aromatic nitrogens is 1. The number of hydrogen-bond donors (Lipinski definition) is 1. The molecule has 2 aromatic rings. The monoisotopic (exact) mass is 470 g/mol. The molecule has 3 rings (SSSR count). The quantitative estimate of drug-likeness (QED) is 0.691. The predicted molar refractivity (Wildman–Crippen MR) is 117 cm³/mol. The lowest BCUT2D eigenvalue weighted by atomic mass is 10.2. The zero-order chi connectivity index (χ0) is 22.8. The topological polar surface area (TPSA) is 105 Å². The molecule has 11 heteroatoms. The number of hydrogen-bond acceptors (Lipinski definition) is 7. The van der Waals surface area contributed by atoms with Crippen molar-refractivity contribution in [1.29, 1.82) is 0 Å². The minimum Gasteiger partial charge on any atom is -0.495 e. The number of anilines is 1. The largest absolute Gasteiger partial charge is 0.495 e. The molecule has 1 fully saturated rings. The Bertz CT molecular complexity index is 1040. The second-order valence-electron chi connectivity index (χ2n) is 7.46. The van der Waals surface area contributed by atoms with E-state index in [9.17, 15) is 13.2 Å². The van der Waals surface area contributed by atoms with Gasteiger partial charge in [-0.3, -0.25) is 9.69 Å². The fraction of sp³-hybridized carbons (Fsp3) is 0.500. The Balaban J connectivity index is 1.69. The van der Waals surface area contributed by atoms with Gasteiger partial charge in [0.25, 0.3) is 0 Å². The van der Waals surface area contributed by atoms with Gasteiger partial charge < -0.3 is 14.6 Å². The van der Waals surface area contributed by atoms with Crippen LogP contribution in [0.15, 0.2) is 27.6 Å². The number of carbonyl (C=O) groups is 1. The first kappa shape index (κ1) is 23.5. The Morgan fingerprint density at radius 3 is 2.65 bits per heavy atom. The van der Waals surface area contributed by atoms with Crippen LogP contribution in [0.5, 0.6) is 5.75 Å². The average molecular weight is 471 g/mol. The lowest BCUT2D eigenvalue weighted by Crippen LogP contribution is -2.44. The van der Waals surface area contributed by atoms with Gasteiger partial charge in [0, 0.05) is 31.2 Å². The van der Waals surface area contributed by atoms with Crippen molar-refractivity contribution in [2.24, 2.45) is 0 Å². The second-order valence-corrected chi connectivity index (χ2v) is 9.77. The highest BCUT2D eigenvalue weighted by atomic mass is 35.5. The number of nitrogens with one attached hydrogen (secondary N) is 1. The number of amides is 1. The van der Waals surface area contributed by atoms with Gasteiger partial charge in [-0.05, 0) is 45.4 Å². The lowest BCUT2D eigenvalue weighted by Gasteiger charge is -2.27. The van der Waals surface area contributed by atoms with Crippen LogP contribution in [-0.4, -0.2) is 68.0 Å². The molecule has 0 spiro atoms. The van der Waals surface area contributed by atoms with E-state index in [2.05, 4.69) is 10.5 Å². The van der Waals surface area contributed by atoms with Crippen LogP contribution in [0.1, 0.15) is 24.8 Å². The van der Waals surface area contributed by atoms with Gasteiger partial charge in [-0.25, -0.2) is 8.42 Å². The van der Waals surface area contributed by atoms with Gasteiger partial charge in [-0.2, -0.15) is 4.31 Å². The Kier molecular flexibility index (Phi) is 7.25. The van der Waals surface area contributed by atoms with Crippen molar-refractivity contribution < 1.29 is 22.5 Å². The molecule has 1 saturated heterocycles. The van der Waals surface area contributed by atoms with Crippen LogP contribution in [0.25, 0.3) is 0 Å². The van der Waals surface area contributed by atoms with Crippen molar-refractivity contribution in [2.75, 3.05) is 38.6 Å². The molecule has 1 atom stereocenters. The first-order valence-corrected chi connectivity index (χ1v) is 11.8. The van der Waals surface area contributed by atoms with E-state index in [-0.39, 0.29) is 23.1 Å². The standard InChI is InChI=1S/C20H27ClN4O5S/c1-13-19(15(3)30-23-13)31(27,28)25-9-5-8-24(10-11-25)14(2)20(26)22-17-12-16(21)6-7-18(17)29-4/h6-7,12,14H,5,8-11H2,1-4H3,(H,22,26)/t14-/m0/s1. The number of nitrogens with zero attached hydrogens (tertiary/aromatic N) is 3. The molecule has 1 N–H and O–H groups in total. The summed E-state index contributed by atoms with van der Waals surface area (Å²) in [6.07, 6.45) is 0.598. The number of ether oxygens (including phenoxy) is 1. The predicted octanol–water partition coefficient (Wildman–Crippen LogP) is 2.68. The van der Waals surface area contributed by atoms with Crippen LogP contribution in [0, 0.1) is 13.8 Å². The molecule has 2 heterocycles. The number of aryl methyl sites for hydroxylation is 2. The molecule has 31 heavy (non-hydrogen) atoms. The van der Waals surface area contributed by atoms with Gasteiger partial charge in [-0.15, -0.1) is 0 Å². The molecule has 0 saturated carbocycles. The van der Waals surface area contributed by atoms with E-state index in [0.29, 0.717) is 48.2 Å². The molecule has 0 radical (unpaired) electrons. The summed E-state index contributed by atoms with van der Waals surface area (Å²) >= 11 is 6.04. The smallest absolute Gasteiger partial charge is 0.248 e. The summed E-state index contributed by atoms with van der Waals surface area (Å²) in [4.78, 5) is 14.9. The molecule has 1 aliphatic heterocycles. The maximum Gasteiger partial charge on any atom is 0.248 e. The Hall–Kier alpha value is -2.14. The van der Waals surface area contributed by atoms with E-state index in [1.807, 2.05) is 4.90 Å². The summed E-state index contributed by atoms with van der Waals surface area (Å²) in [6, 6.07) is 4.53. The van der Waals surface area contributed by atoms with Gasteiger partial charge in [0.15, 0.2) is 5.76 Å². The molecule has 9 nitrogen and oxygen atoms in total. The molecule has 0 aliphatic carbocycles. The Morgan fingerprint density at radius 1 is 1.26 bits per heavy atom. The first-order valence-electron chi connectivity index (χ1n) is 9.96. The highest BCUT2D eigenvalue weighted by Crippen LogP contribution is 2.28. The Morgan fingerprint density at radius 2 is 2.00 bits per heavy atom. The summed E-state index contributed by atoms with van der Waals surface area (Å²) in [5.74, 6) is 0.571. The van der Waals surface area contributed by atoms with E-state index >= 15 is 0 Å². The van der Waals surface area contributed by atoms with Crippen LogP contribution in [0.3, 0.4) is 0 Å². The minimum absolute atomic E-state index is 0.125. The summed E-state index contributed by atoms with van der Waals surface area (Å²) in [5, 5.41) is 7.10. The summed E-state index contributed by atoms with van der Waals surface area (Å²) in [5.41, 5.74) is 0.839. The van der Waals surface area contributed by atoms with Crippen LogP contribution < -0.4 is 10.1 Å². The number of halogens is 1. The molecular formula is C20H27ClN4O5S. The van der Waals surface area contributed by atoms with E-state index in [0.717, 1.165) is 0 Å². The van der Waals surface area contributed by atoms with Gasteiger partial charge in [0.1, 0.15) is 16.3 Å². The van der Waals surface area contributed by atoms with E-state index < -0.39 is 16.1 Å². The molecule has 0 unspecified atom stereocenters. The van der Waals surface area contributed by atoms with Crippen molar-refractivity contribution in [2.45, 2.75) is 38.1 Å². The first-order chi connectivity index (χ1) is 14.6. The van der Waals surface area contributed by atoms with Crippen molar-refractivity contribution in [1.82, 2.24) is 14.4 Å². The van der Waals surface area contributed by atoms with Gasteiger partial charge in [0.2, 0.25) is 15.9 Å². The highest BCUT2D eigenvalue weighted by Gasteiger charge is 2.33. The van der Waals surface area contributed by atoms with Gasteiger partial charge in [-0.1, -0.05) is 16.8 Å². The summed E-state index contributed by atoms with van der Waals surface area (Å²) in [7, 11) is -2.20. The fourth-order valence-electron chi connectivity index (χ4n) is 3.69. The third kappa shape index (κ3) is 5.03. The number of methoxy groups -OCH3 is 1. The average Bonchev–Trinajstić information content (AvgIpc) is 2.92. The molecule has 1 amide bonds. The number of benzene rings is 1. The van der Waals surface area contributed by atoms with Crippen molar-refractivity contribution in [3.63, 3.8) is 0 Å². The van der Waals surface area contributed by atoms with Crippen molar-refractivity contribution in [3.8, 4) is 5.75 Å². The van der Waals surface area contributed by atoms with E-state index in [1.165, 1.54) is 11.4 Å². The van der Waals surface area contributed by atoms with Crippen LogP contribution in [-0.2, 0) is 14.8 Å².